The molecule has 0 bridgehead atoms. The molecule has 2 aromatic carbocycles. The van der Waals surface area contributed by atoms with Gasteiger partial charge in [0, 0.05) is 32.1 Å². The van der Waals surface area contributed by atoms with Gasteiger partial charge in [0.1, 0.15) is 30.3 Å². The second-order valence-electron chi connectivity index (χ2n) is 10.3. The van der Waals surface area contributed by atoms with Crippen molar-refractivity contribution in [2.75, 3.05) is 26.7 Å². The summed E-state index contributed by atoms with van der Waals surface area (Å²) in [5.41, 5.74) is 7.91. The highest BCUT2D eigenvalue weighted by molar-refractivity contribution is 5.95. The lowest BCUT2D eigenvalue weighted by molar-refractivity contribution is -0.141. The average Bonchev–Trinajstić information content (AvgIpc) is 3.77. The second-order valence-corrected chi connectivity index (χ2v) is 10.3. The molecule has 6 N–H and O–H groups in total. The minimum atomic E-state index is -0.855. The zero-order valence-corrected chi connectivity index (χ0v) is 22.5. The number of carbonyl (C=O) groups is 3. The topological polar surface area (TPSA) is 150 Å². The maximum Gasteiger partial charge on any atom is 0.243 e. The first-order valence-electron chi connectivity index (χ1n) is 13.5. The molecule has 0 saturated heterocycles. The Hall–Kier alpha value is -3.92. The van der Waals surface area contributed by atoms with E-state index in [0.29, 0.717) is 31.7 Å². The summed E-state index contributed by atoms with van der Waals surface area (Å²) < 4.78 is 6.02. The molecule has 1 fully saturated rings. The summed E-state index contributed by atoms with van der Waals surface area (Å²) in [6.45, 7) is 2.92. The van der Waals surface area contributed by atoms with E-state index in [2.05, 4.69) is 16.0 Å². The number of ether oxygens (including phenoxy) is 1. The number of amides is 3. The zero-order chi connectivity index (χ0) is 27.9. The molecule has 10 heteroatoms. The molecule has 0 spiro atoms. The van der Waals surface area contributed by atoms with Gasteiger partial charge in [-0.3, -0.25) is 19.8 Å². The van der Waals surface area contributed by atoms with E-state index in [1.54, 1.807) is 38.2 Å². The molecule has 3 amide bonds. The van der Waals surface area contributed by atoms with Crippen molar-refractivity contribution in [1.29, 1.82) is 5.41 Å². The van der Waals surface area contributed by atoms with E-state index in [1.165, 1.54) is 4.90 Å². The van der Waals surface area contributed by atoms with E-state index in [4.69, 9.17) is 15.9 Å². The van der Waals surface area contributed by atoms with Crippen molar-refractivity contribution < 1.29 is 19.1 Å². The van der Waals surface area contributed by atoms with Crippen LogP contribution in [0.25, 0.3) is 0 Å². The number of nitrogens with one attached hydrogen (secondary N) is 4. The van der Waals surface area contributed by atoms with E-state index in [0.717, 1.165) is 29.7 Å². The van der Waals surface area contributed by atoms with Gasteiger partial charge >= 0.3 is 0 Å². The number of nitrogens with two attached hydrogens (primary N) is 1. The fourth-order valence-corrected chi connectivity index (χ4v) is 4.70. The van der Waals surface area contributed by atoms with Gasteiger partial charge in [-0.05, 0) is 49.3 Å². The van der Waals surface area contributed by atoms with Gasteiger partial charge in [0.05, 0.1) is 6.04 Å². The van der Waals surface area contributed by atoms with Crippen LogP contribution in [0.1, 0.15) is 36.5 Å². The van der Waals surface area contributed by atoms with Gasteiger partial charge in [0.25, 0.3) is 0 Å². The number of hydrogen-bond donors (Lipinski definition) is 5. The second kappa shape index (κ2) is 12.8. The Bertz CT molecular complexity index is 1200. The first-order chi connectivity index (χ1) is 18.7. The van der Waals surface area contributed by atoms with Crippen LogP contribution in [0.4, 0.5) is 0 Å². The number of para-hydroxylation sites is 1. The number of nitrogens with zero attached hydrogens (tertiary/aromatic N) is 1. The Balaban J connectivity index is 1.57. The summed E-state index contributed by atoms with van der Waals surface area (Å²) in [5.74, 6) is 0.0669. The highest BCUT2D eigenvalue weighted by atomic mass is 16.5. The summed E-state index contributed by atoms with van der Waals surface area (Å²) in [6.07, 6.45) is 2.73. The largest absolute Gasteiger partial charge is 0.492 e. The lowest BCUT2D eigenvalue weighted by Crippen LogP contribution is -2.56. The van der Waals surface area contributed by atoms with Crippen molar-refractivity contribution in [3.63, 3.8) is 0 Å². The fourth-order valence-electron chi connectivity index (χ4n) is 4.70. The number of fused-ring (bicyclic) bond motifs is 1. The molecule has 39 heavy (non-hydrogen) atoms. The van der Waals surface area contributed by atoms with Crippen molar-refractivity contribution in [2.45, 2.75) is 50.7 Å². The third-order valence-electron chi connectivity index (χ3n) is 7.40. The maximum atomic E-state index is 13.4. The minimum Gasteiger partial charge on any atom is -0.492 e. The van der Waals surface area contributed by atoms with E-state index in [9.17, 15) is 14.4 Å². The molecule has 3 atom stereocenters. The number of likely N-dealkylation sites (N-methyl/N-ethyl adjacent to an activating group) is 1. The normalized spacial score (nSPS) is 23.6. The first-order valence-corrected chi connectivity index (χ1v) is 13.5. The summed E-state index contributed by atoms with van der Waals surface area (Å²) >= 11 is 0. The van der Waals surface area contributed by atoms with Crippen molar-refractivity contribution in [3.8, 4) is 5.75 Å². The van der Waals surface area contributed by atoms with Gasteiger partial charge in [0.15, 0.2) is 0 Å². The smallest absolute Gasteiger partial charge is 0.243 e. The van der Waals surface area contributed by atoms with Gasteiger partial charge in [-0.25, -0.2) is 0 Å². The van der Waals surface area contributed by atoms with Gasteiger partial charge in [-0.2, -0.15) is 0 Å². The predicted octanol–water partition coefficient (Wildman–Crippen LogP) is 0.964. The van der Waals surface area contributed by atoms with Crippen LogP contribution < -0.4 is 26.4 Å². The first kappa shape index (κ1) is 28.1. The Morgan fingerprint density at radius 3 is 2.46 bits per heavy atom. The van der Waals surface area contributed by atoms with Crippen molar-refractivity contribution in [2.24, 2.45) is 11.7 Å². The molecule has 0 aromatic heterocycles. The van der Waals surface area contributed by atoms with Gasteiger partial charge in [0.2, 0.25) is 17.7 Å². The SMILES string of the molecule is C[C@@H]1C(=O)N[C@H](Cc2ccc(C(=N)N)cc2)C(=O)NCCc2ccccc2OCCN[C@@H](C2CC2)C(=O)N1C. The van der Waals surface area contributed by atoms with Gasteiger partial charge < -0.3 is 31.3 Å². The predicted molar refractivity (Wildman–Crippen MR) is 148 cm³/mol. The highest BCUT2D eigenvalue weighted by Gasteiger charge is 2.39. The minimum absolute atomic E-state index is 0.0436. The number of carbonyl (C=O) groups excluding carboxylic acids is 3. The lowest BCUT2D eigenvalue weighted by atomic mass is 10.0. The van der Waals surface area contributed by atoms with E-state index in [-0.39, 0.29) is 30.0 Å². The Morgan fingerprint density at radius 2 is 1.77 bits per heavy atom. The molecule has 0 radical (unpaired) electrons. The van der Waals surface area contributed by atoms with E-state index in [1.807, 2.05) is 24.3 Å². The van der Waals surface area contributed by atoms with Crippen LogP contribution in [0.5, 0.6) is 5.75 Å². The molecule has 208 valence electrons. The van der Waals surface area contributed by atoms with Gasteiger partial charge in [-0.15, -0.1) is 0 Å². The molecule has 1 aliphatic carbocycles. The quantitative estimate of drug-likeness (QED) is 0.291. The summed E-state index contributed by atoms with van der Waals surface area (Å²) in [4.78, 5) is 41.4. The van der Waals surface area contributed by atoms with Crippen LogP contribution in [0.15, 0.2) is 48.5 Å². The van der Waals surface area contributed by atoms with Crippen LogP contribution in [0.2, 0.25) is 0 Å². The Morgan fingerprint density at radius 1 is 1.05 bits per heavy atom. The standard InChI is InChI=1S/C29H38N6O4/c1-18-27(36)34-23(17-19-7-9-22(10-8-19)26(30)31)28(37)33-14-13-20-5-3-4-6-24(20)39-16-15-32-25(21-11-12-21)29(38)35(18)2/h3-10,18,21,23,25,32H,11-17H2,1-2H3,(H3,30,31)(H,33,37)(H,34,36)/t18-,23-,25+/m1/s1. The molecule has 1 aliphatic heterocycles. The van der Waals surface area contributed by atoms with Crippen LogP contribution >= 0.6 is 0 Å². The molecule has 10 nitrogen and oxygen atoms in total. The molecule has 2 aliphatic rings. The maximum absolute atomic E-state index is 13.4. The van der Waals surface area contributed by atoms with Crippen molar-refractivity contribution in [1.82, 2.24) is 20.9 Å². The van der Waals surface area contributed by atoms with E-state index >= 15 is 0 Å². The number of benzene rings is 2. The summed E-state index contributed by atoms with van der Waals surface area (Å²) in [7, 11) is 1.63. The molecule has 1 saturated carbocycles. The third-order valence-corrected chi connectivity index (χ3v) is 7.40. The number of rotatable bonds is 4. The van der Waals surface area contributed by atoms with Crippen LogP contribution in [-0.4, -0.2) is 73.3 Å². The number of amidine groups is 1. The number of hydrogen-bond acceptors (Lipinski definition) is 6. The number of nitrogen functional groups attached to an aromatic ring is 1. The molecular weight excluding hydrogens is 496 g/mol. The molecular formula is C29H38N6O4. The average molecular weight is 535 g/mol. The molecule has 1 heterocycles. The van der Waals surface area contributed by atoms with Crippen molar-refractivity contribution >= 4 is 23.6 Å². The Kier molecular flexibility index (Phi) is 9.19. The summed E-state index contributed by atoms with van der Waals surface area (Å²) in [6, 6.07) is 12.7. The molecule has 2 aromatic rings. The van der Waals surface area contributed by atoms with Crippen LogP contribution in [0, 0.1) is 11.3 Å². The third kappa shape index (κ3) is 7.35. The van der Waals surface area contributed by atoms with Crippen LogP contribution in [-0.2, 0) is 27.2 Å². The Labute approximate surface area is 229 Å². The fraction of sp³-hybridized carbons (Fsp3) is 0.448. The highest BCUT2D eigenvalue weighted by Crippen LogP contribution is 2.33. The summed E-state index contributed by atoms with van der Waals surface area (Å²) in [5, 5.41) is 16.8. The molecule has 0 unspecified atom stereocenters. The van der Waals surface area contributed by atoms with Crippen molar-refractivity contribution in [3.05, 3.63) is 65.2 Å². The monoisotopic (exact) mass is 534 g/mol. The lowest BCUT2D eigenvalue weighted by Gasteiger charge is -2.30. The zero-order valence-electron chi connectivity index (χ0n) is 22.5. The van der Waals surface area contributed by atoms with E-state index < -0.39 is 24.0 Å². The molecule has 4 rings (SSSR count). The van der Waals surface area contributed by atoms with Gasteiger partial charge in [-0.1, -0.05) is 42.5 Å². The van der Waals surface area contributed by atoms with Crippen LogP contribution in [0.3, 0.4) is 0 Å².